The lowest BCUT2D eigenvalue weighted by atomic mass is 10.1. The van der Waals surface area contributed by atoms with Crippen LogP contribution in [0.25, 0.3) is 0 Å². The van der Waals surface area contributed by atoms with Crippen LogP contribution in [0.15, 0.2) is 24.3 Å². The van der Waals surface area contributed by atoms with Gasteiger partial charge in [0.2, 0.25) is 11.8 Å². The minimum atomic E-state index is -0.185. The molecule has 1 aliphatic heterocycles. The quantitative estimate of drug-likeness (QED) is 0.695. The number of carbonyl (C=O) groups is 2. The minimum Gasteiger partial charge on any atom is -0.355 e. The van der Waals surface area contributed by atoms with Gasteiger partial charge in [0.05, 0.1) is 12.6 Å². The Morgan fingerprint density at radius 3 is 2.50 bits per heavy atom. The van der Waals surface area contributed by atoms with Crippen molar-refractivity contribution in [1.82, 2.24) is 15.1 Å². The Morgan fingerprint density at radius 2 is 1.85 bits per heavy atom. The van der Waals surface area contributed by atoms with Crippen molar-refractivity contribution in [3.8, 4) is 0 Å². The van der Waals surface area contributed by atoms with Crippen molar-refractivity contribution in [1.29, 1.82) is 0 Å². The second-order valence-electron chi connectivity index (χ2n) is 7.00. The molecule has 1 aromatic rings. The number of nitrogens with zero attached hydrogens (tertiary/aromatic N) is 2. The van der Waals surface area contributed by atoms with Crippen LogP contribution in [-0.4, -0.2) is 66.9 Å². The molecular formula is C20H32N4O2. The second-order valence-corrected chi connectivity index (χ2v) is 7.00. The van der Waals surface area contributed by atoms with E-state index in [9.17, 15) is 9.59 Å². The van der Waals surface area contributed by atoms with Gasteiger partial charge in [0.15, 0.2) is 0 Å². The summed E-state index contributed by atoms with van der Waals surface area (Å²) in [7, 11) is 0. The van der Waals surface area contributed by atoms with Gasteiger partial charge in [0.25, 0.3) is 0 Å². The zero-order valence-corrected chi connectivity index (χ0v) is 16.3. The fourth-order valence-corrected chi connectivity index (χ4v) is 3.09. The van der Waals surface area contributed by atoms with Crippen LogP contribution >= 0.6 is 0 Å². The van der Waals surface area contributed by atoms with Gasteiger partial charge in [0.1, 0.15) is 0 Å². The molecule has 0 radical (unpaired) electrons. The van der Waals surface area contributed by atoms with Crippen LogP contribution in [0, 0.1) is 6.92 Å². The van der Waals surface area contributed by atoms with E-state index in [2.05, 4.69) is 27.4 Å². The number of anilines is 1. The molecule has 2 N–H and O–H groups in total. The van der Waals surface area contributed by atoms with Crippen LogP contribution in [0.5, 0.6) is 0 Å². The number of piperazine rings is 1. The maximum absolute atomic E-state index is 12.5. The molecule has 2 amide bonds. The number of rotatable bonds is 8. The standard InChI is InChI=1S/C20H32N4O2/c1-4-5-10-21-19(25)15-23-11-13-24(14-12-23)17(3)20(26)22-18-9-7-6-8-16(18)2/h6-9,17H,4-5,10-15H2,1-3H3,(H,21,25)(H,22,26). The van der Waals surface area contributed by atoms with Crippen molar-refractivity contribution in [3.63, 3.8) is 0 Å². The Labute approximate surface area is 156 Å². The second kappa shape index (κ2) is 10.3. The number of aryl methyl sites for hydroxylation is 1. The fourth-order valence-electron chi connectivity index (χ4n) is 3.09. The van der Waals surface area contributed by atoms with Gasteiger partial charge in [-0.2, -0.15) is 0 Å². The maximum atomic E-state index is 12.5. The van der Waals surface area contributed by atoms with Crippen molar-refractivity contribution < 1.29 is 9.59 Å². The molecule has 6 nitrogen and oxygen atoms in total. The van der Waals surface area contributed by atoms with Gasteiger partial charge in [-0.3, -0.25) is 19.4 Å². The van der Waals surface area contributed by atoms with Crippen LogP contribution < -0.4 is 10.6 Å². The molecule has 1 aromatic carbocycles. The highest BCUT2D eigenvalue weighted by Crippen LogP contribution is 2.15. The molecule has 0 spiro atoms. The molecule has 1 heterocycles. The summed E-state index contributed by atoms with van der Waals surface area (Å²) < 4.78 is 0. The first kappa shape index (κ1) is 20.4. The van der Waals surface area contributed by atoms with Gasteiger partial charge in [-0.25, -0.2) is 0 Å². The Kier molecular flexibility index (Phi) is 8.06. The van der Waals surface area contributed by atoms with Gasteiger partial charge in [-0.15, -0.1) is 0 Å². The number of benzene rings is 1. The fraction of sp³-hybridized carbons (Fsp3) is 0.600. The van der Waals surface area contributed by atoms with Crippen molar-refractivity contribution in [2.75, 3.05) is 44.6 Å². The molecule has 0 bridgehead atoms. The first-order valence-corrected chi connectivity index (χ1v) is 9.61. The highest BCUT2D eigenvalue weighted by atomic mass is 16.2. The summed E-state index contributed by atoms with van der Waals surface area (Å²) in [5.41, 5.74) is 1.93. The Hall–Kier alpha value is -1.92. The lowest BCUT2D eigenvalue weighted by molar-refractivity contribution is -0.124. The molecular weight excluding hydrogens is 328 g/mol. The monoisotopic (exact) mass is 360 g/mol. The summed E-state index contributed by atoms with van der Waals surface area (Å²) in [6.07, 6.45) is 2.11. The summed E-state index contributed by atoms with van der Waals surface area (Å²) in [6, 6.07) is 7.62. The third-order valence-electron chi connectivity index (χ3n) is 4.96. The van der Waals surface area contributed by atoms with E-state index >= 15 is 0 Å². The summed E-state index contributed by atoms with van der Waals surface area (Å²) in [5.74, 6) is 0.113. The lowest BCUT2D eigenvalue weighted by Crippen LogP contribution is -2.54. The number of unbranched alkanes of at least 4 members (excludes halogenated alkanes) is 1. The predicted molar refractivity (Wildman–Crippen MR) is 105 cm³/mol. The number of nitrogens with one attached hydrogen (secondary N) is 2. The third-order valence-corrected chi connectivity index (χ3v) is 4.96. The molecule has 2 rings (SSSR count). The zero-order chi connectivity index (χ0) is 18.9. The zero-order valence-electron chi connectivity index (χ0n) is 16.3. The van der Waals surface area contributed by atoms with E-state index in [1.54, 1.807) is 0 Å². The molecule has 1 atom stereocenters. The number of amides is 2. The molecule has 1 saturated heterocycles. The van der Waals surface area contributed by atoms with E-state index < -0.39 is 0 Å². The van der Waals surface area contributed by atoms with Crippen LogP contribution in [0.4, 0.5) is 5.69 Å². The van der Waals surface area contributed by atoms with Gasteiger partial charge in [-0.1, -0.05) is 31.5 Å². The van der Waals surface area contributed by atoms with Crippen molar-refractivity contribution >= 4 is 17.5 Å². The van der Waals surface area contributed by atoms with Gasteiger partial charge in [0, 0.05) is 38.4 Å². The highest BCUT2D eigenvalue weighted by Gasteiger charge is 2.26. The normalized spacial score (nSPS) is 16.9. The molecule has 1 unspecified atom stereocenters. The largest absolute Gasteiger partial charge is 0.355 e. The first-order chi connectivity index (χ1) is 12.5. The number of hydrogen-bond donors (Lipinski definition) is 2. The molecule has 0 aromatic heterocycles. The predicted octanol–water partition coefficient (Wildman–Crippen LogP) is 1.86. The summed E-state index contributed by atoms with van der Waals surface area (Å²) in [6.45, 7) is 10.5. The molecule has 144 valence electrons. The van der Waals surface area contributed by atoms with E-state index in [0.29, 0.717) is 6.54 Å². The number of carbonyl (C=O) groups excluding carboxylic acids is 2. The molecule has 6 heteroatoms. The summed E-state index contributed by atoms with van der Waals surface area (Å²) in [5, 5.41) is 5.98. The summed E-state index contributed by atoms with van der Waals surface area (Å²) in [4.78, 5) is 28.8. The number of hydrogen-bond acceptors (Lipinski definition) is 4. The SMILES string of the molecule is CCCCNC(=O)CN1CCN(C(C)C(=O)Nc2ccccc2C)CC1. The van der Waals surface area contributed by atoms with Crippen LogP contribution in [0.3, 0.4) is 0 Å². The van der Waals surface area contributed by atoms with Gasteiger partial charge >= 0.3 is 0 Å². The van der Waals surface area contributed by atoms with E-state index in [-0.39, 0.29) is 17.9 Å². The highest BCUT2D eigenvalue weighted by molar-refractivity contribution is 5.95. The molecule has 26 heavy (non-hydrogen) atoms. The van der Waals surface area contributed by atoms with Gasteiger partial charge in [-0.05, 0) is 31.9 Å². The van der Waals surface area contributed by atoms with Gasteiger partial charge < -0.3 is 10.6 Å². The maximum Gasteiger partial charge on any atom is 0.241 e. The average Bonchev–Trinajstić information content (AvgIpc) is 2.64. The topological polar surface area (TPSA) is 64.7 Å². The van der Waals surface area contributed by atoms with E-state index in [0.717, 1.165) is 56.8 Å². The molecule has 1 aliphatic rings. The van der Waals surface area contributed by atoms with Crippen molar-refractivity contribution in [2.24, 2.45) is 0 Å². The van der Waals surface area contributed by atoms with Crippen LogP contribution in [-0.2, 0) is 9.59 Å². The minimum absolute atomic E-state index is 0.0186. The van der Waals surface area contributed by atoms with Crippen molar-refractivity contribution in [2.45, 2.75) is 39.7 Å². The van der Waals surface area contributed by atoms with Crippen molar-refractivity contribution in [3.05, 3.63) is 29.8 Å². The van der Waals surface area contributed by atoms with Crippen LogP contribution in [0.2, 0.25) is 0 Å². The smallest absolute Gasteiger partial charge is 0.241 e. The Bertz CT molecular complexity index is 597. The van der Waals surface area contributed by atoms with E-state index in [4.69, 9.17) is 0 Å². The first-order valence-electron chi connectivity index (χ1n) is 9.61. The molecule has 0 saturated carbocycles. The Morgan fingerprint density at radius 1 is 1.15 bits per heavy atom. The summed E-state index contributed by atoms with van der Waals surface area (Å²) >= 11 is 0. The van der Waals surface area contributed by atoms with Crippen LogP contribution in [0.1, 0.15) is 32.3 Å². The molecule has 0 aliphatic carbocycles. The third kappa shape index (κ3) is 6.11. The number of para-hydroxylation sites is 1. The average molecular weight is 361 g/mol. The Balaban J connectivity index is 1.75. The van der Waals surface area contributed by atoms with E-state index in [1.807, 2.05) is 38.1 Å². The van der Waals surface area contributed by atoms with E-state index in [1.165, 1.54) is 0 Å². The molecule has 1 fully saturated rings. The lowest BCUT2D eigenvalue weighted by Gasteiger charge is -2.37.